The molecule has 0 aliphatic rings. The van der Waals surface area contributed by atoms with Crippen LogP contribution in [0.25, 0.3) is 0 Å². The number of rotatable bonds is 6. The first-order valence-electron chi connectivity index (χ1n) is 6.37. The van der Waals surface area contributed by atoms with Gasteiger partial charge in [0.2, 0.25) is 5.91 Å². The van der Waals surface area contributed by atoms with Gasteiger partial charge in [-0.1, -0.05) is 6.92 Å². The van der Waals surface area contributed by atoms with Crippen molar-refractivity contribution in [2.45, 2.75) is 13.3 Å². The molecule has 5 nitrogen and oxygen atoms in total. The number of benzene rings is 1. The summed E-state index contributed by atoms with van der Waals surface area (Å²) in [7, 11) is 3.43. The highest BCUT2D eigenvalue weighted by molar-refractivity contribution is 5.94. The number of hydrogen-bond donors (Lipinski definition) is 2. The highest BCUT2D eigenvalue weighted by Gasteiger charge is 2.05. The molecule has 0 fully saturated rings. The van der Waals surface area contributed by atoms with Crippen LogP contribution in [0.4, 0.5) is 5.69 Å². The second-order valence-corrected chi connectivity index (χ2v) is 4.47. The third-order valence-electron chi connectivity index (χ3n) is 2.63. The number of carbonyl (C=O) groups is 2. The summed E-state index contributed by atoms with van der Waals surface area (Å²) in [6, 6.07) is 7.08. The van der Waals surface area contributed by atoms with Crippen LogP contribution < -0.4 is 10.6 Å². The Kier molecular flexibility index (Phi) is 5.85. The summed E-state index contributed by atoms with van der Waals surface area (Å²) in [5.41, 5.74) is 1.44. The van der Waals surface area contributed by atoms with Crippen LogP contribution in [0.3, 0.4) is 0 Å². The van der Waals surface area contributed by atoms with E-state index in [0.717, 1.165) is 12.1 Å². The van der Waals surface area contributed by atoms with E-state index in [2.05, 4.69) is 10.6 Å². The molecule has 104 valence electrons. The summed E-state index contributed by atoms with van der Waals surface area (Å²) >= 11 is 0. The average Bonchev–Trinajstić information content (AvgIpc) is 2.42. The highest BCUT2D eigenvalue weighted by Crippen LogP contribution is 2.09. The van der Waals surface area contributed by atoms with Crippen molar-refractivity contribution in [2.24, 2.45) is 0 Å². The normalized spacial score (nSPS) is 9.84. The number of nitrogens with zero attached hydrogens (tertiary/aromatic N) is 1. The minimum absolute atomic E-state index is 0.00441. The molecule has 0 saturated carbocycles. The summed E-state index contributed by atoms with van der Waals surface area (Å²) in [5.74, 6) is -0.0671. The molecule has 0 bridgehead atoms. The quantitative estimate of drug-likeness (QED) is 0.814. The molecule has 0 radical (unpaired) electrons. The Morgan fingerprint density at radius 2 is 1.79 bits per heavy atom. The van der Waals surface area contributed by atoms with Gasteiger partial charge >= 0.3 is 0 Å². The number of anilines is 1. The molecule has 1 aromatic carbocycles. The van der Waals surface area contributed by atoms with Gasteiger partial charge in [0.1, 0.15) is 0 Å². The van der Waals surface area contributed by atoms with Crippen LogP contribution in [0.2, 0.25) is 0 Å². The van der Waals surface area contributed by atoms with Crippen molar-refractivity contribution in [1.82, 2.24) is 10.2 Å². The van der Waals surface area contributed by atoms with E-state index in [-0.39, 0.29) is 18.4 Å². The summed E-state index contributed by atoms with van der Waals surface area (Å²) in [5, 5.41) is 5.83. The summed E-state index contributed by atoms with van der Waals surface area (Å²) in [6.07, 6.45) is 0.915. The van der Waals surface area contributed by atoms with Gasteiger partial charge in [0.15, 0.2) is 0 Å². The first-order valence-corrected chi connectivity index (χ1v) is 6.37. The molecule has 0 aliphatic carbocycles. The van der Waals surface area contributed by atoms with Crippen molar-refractivity contribution in [3.05, 3.63) is 29.8 Å². The molecule has 0 aromatic heterocycles. The summed E-state index contributed by atoms with van der Waals surface area (Å²) in [4.78, 5) is 24.6. The standard InChI is InChI=1S/C14H21N3O2/c1-4-9-15-14(19)11-5-7-12(8-6-11)16-10-13(18)17(2)3/h5-8,16H,4,9-10H2,1-3H3,(H,15,19). The van der Waals surface area contributed by atoms with Gasteiger partial charge in [0.25, 0.3) is 5.91 Å². The predicted molar refractivity (Wildman–Crippen MR) is 76.2 cm³/mol. The maximum atomic E-state index is 11.7. The van der Waals surface area contributed by atoms with Crippen LogP contribution in [0.5, 0.6) is 0 Å². The van der Waals surface area contributed by atoms with Crippen LogP contribution in [0.15, 0.2) is 24.3 Å². The van der Waals surface area contributed by atoms with Crippen molar-refractivity contribution in [1.29, 1.82) is 0 Å². The Morgan fingerprint density at radius 1 is 1.16 bits per heavy atom. The molecule has 19 heavy (non-hydrogen) atoms. The number of likely N-dealkylation sites (N-methyl/N-ethyl adjacent to an activating group) is 1. The zero-order valence-electron chi connectivity index (χ0n) is 11.7. The van der Waals surface area contributed by atoms with E-state index in [1.165, 1.54) is 4.90 Å². The predicted octanol–water partition coefficient (Wildman–Crippen LogP) is 1.33. The minimum Gasteiger partial charge on any atom is -0.376 e. The van der Waals surface area contributed by atoms with Crippen molar-refractivity contribution in [3.8, 4) is 0 Å². The molecule has 2 amide bonds. The van der Waals surface area contributed by atoms with Crippen molar-refractivity contribution in [2.75, 3.05) is 32.5 Å². The molecule has 0 spiro atoms. The van der Waals surface area contributed by atoms with Gasteiger partial charge in [-0.3, -0.25) is 9.59 Å². The van der Waals surface area contributed by atoms with E-state index in [1.807, 2.05) is 6.92 Å². The molecule has 1 rings (SSSR count). The van der Waals surface area contributed by atoms with E-state index in [4.69, 9.17) is 0 Å². The SMILES string of the molecule is CCCNC(=O)c1ccc(NCC(=O)N(C)C)cc1. The summed E-state index contributed by atoms with van der Waals surface area (Å²) < 4.78 is 0. The smallest absolute Gasteiger partial charge is 0.251 e. The second kappa shape index (κ2) is 7.41. The maximum absolute atomic E-state index is 11.7. The lowest BCUT2D eigenvalue weighted by atomic mass is 10.2. The third-order valence-corrected chi connectivity index (χ3v) is 2.63. The van der Waals surface area contributed by atoms with Crippen LogP contribution in [-0.4, -0.2) is 43.9 Å². The van der Waals surface area contributed by atoms with Crippen LogP contribution >= 0.6 is 0 Å². The minimum atomic E-state index is -0.0715. The fourth-order valence-electron chi connectivity index (χ4n) is 1.42. The van der Waals surface area contributed by atoms with E-state index >= 15 is 0 Å². The molecule has 0 saturated heterocycles. The zero-order valence-corrected chi connectivity index (χ0v) is 11.7. The first-order chi connectivity index (χ1) is 9.04. The molecule has 0 aliphatic heterocycles. The Bertz CT molecular complexity index is 427. The number of amides is 2. The van der Waals surface area contributed by atoms with Gasteiger partial charge in [-0.25, -0.2) is 0 Å². The van der Waals surface area contributed by atoms with Crippen LogP contribution in [0, 0.1) is 0 Å². The number of carbonyl (C=O) groups excluding carboxylic acids is 2. The molecule has 0 unspecified atom stereocenters. The first kappa shape index (κ1) is 15.0. The second-order valence-electron chi connectivity index (χ2n) is 4.47. The molecular formula is C14H21N3O2. The monoisotopic (exact) mass is 263 g/mol. The molecule has 0 atom stereocenters. The van der Waals surface area contributed by atoms with Gasteiger partial charge in [-0.05, 0) is 30.7 Å². The van der Waals surface area contributed by atoms with Gasteiger partial charge in [-0.2, -0.15) is 0 Å². The Balaban J connectivity index is 2.52. The van der Waals surface area contributed by atoms with Crippen molar-refractivity contribution in [3.63, 3.8) is 0 Å². The fraction of sp³-hybridized carbons (Fsp3) is 0.429. The van der Waals surface area contributed by atoms with E-state index < -0.39 is 0 Å². The lowest BCUT2D eigenvalue weighted by Crippen LogP contribution is -2.28. The lowest BCUT2D eigenvalue weighted by Gasteiger charge is -2.12. The maximum Gasteiger partial charge on any atom is 0.251 e. The van der Waals surface area contributed by atoms with Gasteiger partial charge < -0.3 is 15.5 Å². The van der Waals surface area contributed by atoms with Crippen molar-refractivity contribution >= 4 is 17.5 Å². The molecule has 2 N–H and O–H groups in total. The average molecular weight is 263 g/mol. The molecule has 0 heterocycles. The summed E-state index contributed by atoms with van der Waals surface area (Å²) in [6.45, 7) is 2.93. The van der Waals surface area contributed by atoms with E-state index in [0.29, 0.717) is 12.1 Å². The highest BCUT2D eigenvalue weighted by atomic mass is 16.2. The number of nitrogens with one attached hydrogen (secondary N) is 2. The topological polar surface area (TPSA) is 61.4 Å². The fourth-order valence-corrected chi connectivity index (χ4v) is 1.42. The van der Waals surface area contributed by atoms with E-state index in [9.17, 15) is 9.59 Å². The largest absolute Gasteiger partial charge is 0.376 e. The van der Waals surface area contributed by atoms with Crippen LogP contribution in [-0.2, 0) is 4.79 Å². The Morgan fingerprint density at radius 3 is 2.32 bits per heavy atom. The Labute approximate surface area is 114 Å². The third kappa shape index (κ3) is 4.99. The number of hydrogen-bond acceptors (Lipinski definition) is 3. The molecule has 1 aromatic rings. The lowest BCUT2D eigenvalue weighted by molar-refractivity contribution is -0.126. The molecule has 5 heteroatoms. The van der Waals surface area contributed by atoms with Gasteiger partial charge in [0.05, 0.1) is 6.54 Å². The Hall–Kier alpha value is -2.04. The van der Waals surface area contributed by atoms with Crippen LogP contribution in [0.1, 0.15) is 23.7 Å². The molecular weight excluding hydrogens is 242 g/mol. The van der Waals surface area contributed by atoms with Crippen molar-refractivity contribution < 1.29 is 9.59 Å². The van der Waals surface area contributed by atoms with Gasteiger partial charge in [-0.15, -0.1) is 0 Å². The zero-order chi connectivity index (χ0) is 14.3. The van der Waals surface area contributed by atoms with E-state index in [1.54, 1.807) is 38.4 Å². The van der Waals surface area contributed by atoms with Gasteiger partial charge in [0, 0.05) is 31.9 Å².